The quantitative estimate of drug-likeness (QED) is 0.817. The van der Waals surface area contributed by atoms with Crippen molar-refractivity contribution in [2.24, 2.45) is 5.73 Å². The van der Waals surface area contributed by atoms with Crippen LogP contribution in [0.15, 0.2) is 35.5 Å². The van der Waals surface area contributed by atoms with Crippen LogP contribution in [0.25, 0.3) is 0 Å². The molecule has 1 aromatic heterocycles. The predicted octanol–water partition coefficient (Wildman–Crippen LogP) is 1.68. The maximum Gasteiger partial charge on any atom is 0.263 e. The molecule has 2 rings (SSSR count). The molecule has 0 saturated carbocycles. The molecule has 10 heteroatoms. The Balaban J connectivity index is 2.34. The lowest BCUT2D eigenvalue weighted by molar-refractivity contribution is 0.1000. The molecule has 0 saturated heterocycles. The van der Waals surface area contributed by atoms with Crippen LogP contribution >= 0.6 is 23.2 Å². The van der Waals surface area contributed by atoms with Crippen LogP contribution in [-0.2, 0) is 10.0 Å². The Morgan fingerprint density at radius 2 is 1.76 bits per heavy atom. The van der Waals surface area contributed by atoms with Gasteiger partial charge in [-0.3, -0.25) is 9.52 Å². The van der Waals surface area contributed by atoms with Crippen LogP contribution in [0, 0.1) is 0 Å². The summed E-state index contributed by atoms with van der Waals surface area (Å²) in [5, 5.41) is -0.190. The number of halogens is 2. The molecule has 21 heavy (non-hydrogen) atoms. The summed E-state index contributed by atoms with van der Waals surface area (Å²) in [6.45, 7) is 0. The van der Waals surface area contributed by atoms with Crippen LogP contribution in [0.1, 0.15) is 10.4 Å². The Morgan fingerprint density at radius 1 is 1.14 bits per heavy atom. The largest absolute Gasteiger partial charge is 0.366 e. The highest BCUT2D eigenvalue weighted by Crippen LogP contribution is 2.27. The molecule has 1 heterocycles. The third-order valence-corrected chi connectivity index (χ3v) is 4.52. The minimum absolute atomic E-state index is 0.0755. The summed E-state index contributed by atoms with van der Waals surface area (Å²) in [6, 6.07) is 5.06. The summed E-state index contributed by atoms with van der Waals surface area (Å²) >= 11 is 11.5. The van der Waals surface area contributed by atoms with Gasteiger partial charge in [0.1, 0.15) is 11.3 Å². The molecular weight excluding hydrogens is 339 g/mol. The molecule has 1 amide bonds. The molecule has 7 nitrogen and oxygen atoms in total. The molecule has 0 aliphatic rings. The van der Waals surface area contributed by atoms with Crippen molar-refractivity contribution in [1.82, 2.24) is 9.97 Å². The topological polar surface area (TPSA) is 115 Å². The van der Waals surface area contributed by atoms with Gasteiger partial charge in [0.2, 0.25) is 5.91 Å². The van der Waals surface area contributed by atoms with Crippen LogP contribution < -0.4 is 10.5 Å². The summed E-state index contributed by atoms with van der Waals surface area (Å²) in [7, 11) is -3.93. The highest BCUT2D eigenvalue weighted by Gasteiger charge is 2.18. The van der Waals surface area contributed by atoms with E-state index >= 15 is 0 Å². The average Bonchev–Trinajstić information content (AvgIpc) is 2.44. The van der Waals surface area contributed by atoms with E-state index in [9.17, 15) is 13.2 Å². The fraction of sp³-hybridized carbons (Fsp3) is 0. The monoisotopic (exact) mass is 346 g/mol. The molecule has 0 fully saturated rings. The average molecular weight is 347 g/mol. The van der Waals surface area contributed by atoms with Gasteiger partial charge in [-0.05, 0) is 24.3 Å². The lowest BCUT2D eigenvalue weighted by Gasteiger charge is -2.09. The number of nitrogens with two attached hydrogens (primary N) is 1. The van der Waals surface area contributed by atoms with Gasteiger partial charge in [-0.1, -0.05) is 23.2 Å². The molecule has 3 N–H and O–H groups in total. The molecule has 0 aliphatic carbocycles. The van der Waals surface area contributed by atoms with E-state index in [2.05, 4.69) is 14.7 Å². The van der Waals surface area contributed by atoms with E-state index in [0.717, 1.165) is 6.33 Å². The van der Waals surface area contributed by atoms with Crippen molar-refractivity contribution >= 4 is 45.0 Å². The van der Waals surface area contributed by atoms with Gasteiger partial charge in [0.25, 0.3) is 10.0 Å². The van der Waals surface area contributed by atoms with Crippen molar-refractivity contribution in [2.45, 2.75) is 4.90 Å². The van der Waals surface area contributed by atoms with Crippen LogP contribution in [0.4, 0.5) is 5.82 Å². The molecular formula is C11H8Cl2N4O3S. The molecule has 0 spiro atoms. The Labute approximate surface area is 130 Å². The minimum atomic E-state index is -3.93. The first-order chi connectivity index (χ1) is 9.81. The minimum Gasteiger partial charge on any atom is -0.366 e. The number of nitrogens with zero attached hydrogens (tertiary/aromatic N) is 2. The highest BCUT2D eigenvalue weighted by molar-refractivity contribution is 7.92. The van der Waals surface area contributed by atoms with Gasteiger partial charge >= 0.3 is 0 Å². The number of hydrogen-bond acceptors (Lipinski definition) is 5. The first-order valence-corrected chi connectivity index (χ1v) is 7.64. The number of nitrogens with one attached hydrogen (secondary N) is 1. The number of carbonyl (C=O) groups is 1. The summed E-state index contributed by atoms with van der Waals surface area (Å²) in [6.07, 6.45) is 1.07. The molecule has 1 aromatic carbocycles. The maximum atomic E-state index is 12.2. The normalized spacial score (nSPS) is 11.1. The number of hydrogen-bond donors (Lipinski definition) is 2. The van der Waals surface area contributed by atoms with Gasteiger partial charge in [0.05, 0.1) is 4.90 Å². The second kappa shape index (κ2) is 5.84. The SMILES string of the molecule is NC(=O)c1ccc(S(=O)(=O)Nc2ncnc(Cl)c2Cl)cc1. The third-order valence-electron chi connectivity index (χ3n) is 2.43. The first-order valence-electron chi connectivity index (χ1n) is 5.40. The van der Waals surface area contributed by atoms with Gasteiger partial charge in [-0.25, -0.2) is 18.4 Å². The number of rotatable bonds is 4. The van der Waals surface area contributed by atoms with Gasteiger partial charge in [0.15, 0.2) is 11.0 Å². The first kappa shape index (κ1) is 15.5. The molecule has 0 atom stereocenters. The second-order valence-electron chi connectivity index (χ2n) is 3.82. The van der Waals surface area contributed by atoms with Crippen molar-refractivity contribution < 1.29 is 13.2 Å². The zero-order chi connectivity index (χ0) is 15.6. The van der Waals surface area contributed by atoms with Crippen LogP contribution in [-0.4, -0.2) is 24.3 Å². The number of aromatic nitrogens is 2. The van der Waals surface area contributed by atoms with Crippen molar-refractivity contribution in [2.75, 3.05) is 4.72 Å². The predicted molar refractivity (Wildman–Crippen MR) is 77.8 cm³/mol. The summed E-state index contributed by atoms with van der Waals surface area (Å²) in [5.41, 5.74) is 5.27. The Morgan fingerprint density at radius 3 is 2.33 bits per heavy atom. The van der Waals surface area contributed by atoms with Crippen molar-refractivity contribution in [3.8, 4) is 0 Å². The molecule has 0 unspecified atom stereocenters. The zero-order valence-corrected chi connectivity index (χ0v) is 12.6. The fourth-order valence-corrected chi connectivity index (χ4v) is 2.76. The van der Waals surface area contributed by atoms with Gasteiger partial charge in [-0.2, -0.15) is 0 Å². The number of primary amides is 1. The Kier molecular flexibility index (Phi) is 4.31. The van der Waals surface area contributed by atoms with Crippen LogP contribution in [0.2, 0.25) is 10.2 Å². The standard InChI is InChI=1S/C11H8Cl2N4O3S/c12-8-9(13)15-5-16-11(8)17-21(19,20)7-3-1-6(2-4-7)10(14)18/h1-5H,(H2,14,18)(H,15,16,17). The van der Waals surface area contributed by atoms with Crippen LogP contribution in [0.5, 0.6) is 0 Å². The summed E-state index contributed by atoms with van der Waals surface area (Å²) in [5.74, 6) is -0.798. The molecule has 0 aliphatic heterocycles. The number of amides is 1. The Bertz CT molecular complexity index is 794. The molecule has 0 bridgehead atoms. The maximum absolute atomic E-state index is 12.2. The van der Waals surface area contributed by atoms with E-state index in [4.69, 9.17) is 28.9 Å². The van der Waals surface area contributed by atoms with E-state index in [-0.39, 0.29) is 26.5 Å². The van der Waals surface area contributed by atoms with E-state index in [0.29, 0.717) is 0 Å². The van der Waals surface area contributed by atoms with Gasteiger partial charge in [0, 0.05) is 5.56 Å². The lowest BCUT2D eigenvalue weighted by Crippen LogP contribution is -2.15. The molecule has 2 aromatic rings. The number of benzene rings is 1. The van der Waals surface area contributed by atoms with Crippen molar-refractivity contribution in [3.63, 3.8) is 0 Å². The number of sulfonamides is 1. The third kappa shape index (κ3) is 3.41. The van der Waals surface area contributed by atoms with E-state index < -0.39 is 15.9 Å². The Hall–Kier alpha value is -1.90. The lowest BCUT2D eigenvalue weighted by atomic mass is 10.2. The molecule has 0 radical (unpaired) electrons. The summed E-state index contributed by atoms with van der Waals surface area (Å²) < 4.78 is 26.5. The van der Waals surface area contributed by atoms with Gasteiger partial charge in [-0.15, -0.1) is 0 Å². The van der Waals surface area contributed by atoms with Crippen LogP contribution in [0.3, 0.4) is 0 Å². The zero-order valence-electron chi connectivity index (χ0n) is 10.2. The molecule has 110 valence electrons. The van der Waals surface area contributed by atoms with E-state index in [1.165, 1.54) is 24.3 Å². The van der Waals surface area contributed by atoms with Gasteiger partial charge < -0.3 is 5.73 Å². The fourth-order valence-electron chi connectivity index (χ4n) is 1.40. The second-order valence-corrected chi connectivity index (χ2v) is 6.24. The number of carbonyl (C=O) groups excluding carboxylic acids is 1. The van der Waals surface area contributed by atoms with E-state index in [1.54, 1.807) is 0 Å². The van der Waals surface area contributed by atoms with E-state index in [1.807, 2.05) is 0 Å². The highest BCUT2D eigenvalue weighted by atomic mass is 35.5. The van der Waals surface area contributed by atoms with Crippen molar-refractivity contribution in [1.29, 1.82) is 0 Å². The van der Waals surface area contributed by atoms with Crippen molar-refractivity contribution in [3.05, 3.63) is 46.3 Å². The number of anilines is 1. The summed E-state index contributed by atoms with van der Waals surface area (Å²) in [4.78, 5) is 18.2. The smallest absolute Gasteiger partial charge is 0.263 e.